The van der Waals surface area contributed by atoms with Crippen molar-refractivity contribution in [1.29, 1.82) is 0 Å². The van der Waals surface area contributed by atoms with Gasteiger partial charge in [0, 0.05) is 18.4 Å². The highest BCUT2D eigenvalue weighted by Gasteiger charge is 2.11. The average Bonchev–Trinajstić information content (AvgIpc) is 2.52. The predicted molar refractivity (Wildman–Crippen MR) is 90.9 cm³/mol. The van der Waals surface area contributed by atoms with Crippen LogP contribution in [0.25, 0.3) is 0 Å². The second kappa shape index (κ2) is 8.29. The maximum Gasteiger partial charge on any atom is 0.255 e. The number of methoxy groups -OCH3 is 1. The zero-order chi connectivity index (χ0) is 16.8. The van der Waals surface area contributed by atoms with Gasteiger partial charge in [0.1, 0.15) is 18.2 Å². The summed E-state index contributed by atoms with van der Waals surface area (Å²) in [5.41, 5.74) is 0.842. The van der Waals surface area contributed by atoms with E-state index in [1.807, 2.05) is 0 Å². The summed E-state index contributed by atoms with van der Waals surface area (Å²) >= 11 is 9.05. The quantitative estimate of drug-likeness (QED) is 0.723. The van der Waals surface area contributed by atoms with E-state index in [2.05, 4.69) is 21.2 Å². The number of carbonyl (C=O) groups excluding carboxylic acids is 1. The van der Waals surface area contributed by atoms with E-state index in [0.717, 1.165) is 0 Å². The first kappa shape index (κ1) is 17.7. The van der Waals surface area contributed by atoms with Gasteiger partial charge in [-0.1, -0.05) is 11.6 Å². The average molecular weight is 403 g/mol. The first-order valence-corrected chi connectivity index (χ1v) is 7.86. The molecule has 0 saturated carbocycles. The van der Waals surface area contributed by atoms with E-state index >= 15 is 0 Å². The van der Waals surface area contributed by atoms with Crippen molar-refractivity contribution in [2.75, 3.05) is 25.6 Å². The Balaban J connectivity index is 2.07. The maximum atomic E-state index is 13.1. The fraction of sp³-hybridized carbons (Fsp3) is 0.188. The minimum absolute atomic E-state index is 0.0501. The van der Waals surface area contributed by atoms with Crippen molar-refractivity contribution in [3.63, 3.8) is 0 Å². The molecule has 0 aromatic heterocycles. The third kappa shape index (κ3) is 4.92. The molecule has 4 nitrogen and oxygen atoms in total. The summed E-state index contributed by atoms with van der Waals surface area (Å²) in [4.78, 5) is 12.2. The molecule has 1 N–H and O–H groups in total. The van der Waals surface area contributed by atoms with E-state index in [-0.39, 0.29) is 10.9 Å². The van der Waals surface area contributed by atoms with E-state index in [1.165, 1.54) is 18.2 Å². The molecule has 7 heteroatoms. The molecule has 2 aromatic carbocycles. The number of nitrogens with one attached hydrogen (secondary N) is 1. The Labute approximate surface area is 146 Å². The molecule has 0 radical (unpaired) electrons. The number of halogens is 3. The van der Waals surface area contributed by atoms with Gasteiger partial charge in [0.05, 0.1) is 16.1 Å². The Hall–Kier alpha value is -1.63. The summed E-state index contributed by atoms with van der Waals surface area (Å²) in [6, 6.07) is 8.95. The van der Waals surface area contributed by atoms with Crippen LogP contribution in [0.1, 0.15) is 10.4 Å². The SMILES string of the molecule is COCCOc1ccc(C(=O)Nc2ccc(F)c(Cl)c2)cc1Br. The summed E-state index contributed by atoms with van der Waals surface area (Å²) in [6.07, 6.45) is 0. The van der Waals surface area contributed by atoms with E-state index in [1.54, 1.807) is 25.3 Å². The Kier molecular flexibility index (Phi) is 6.38. The zero-order valence-electron chi connectivity index (χ0n) is 12.2. The largest absolute Gasteiger partial charge is 0.490 e. The number of amides is 1. The lowest BCUT2D eigenvalue weighted by Crippen LogP contribution is -2.12. The molecule has 2 aromatic rings. The smallest absolute Gasteiger partial charge is 0.255 e. The lowest BCUT2D eigenvalue weighted by molar-refractivity contribution is 0.102. The lowest BCUT2D eigenvalue weighted by atomic mass is 10.2. The predicted octanol–water partition coefficient (Wildman–Crippen LogP) is 4.52. The van der Waals surface area contributed by atoms with E-state index in [9.17, 15) is 9.18 Å². The monoisotopic (exact) mass is 401 g/mol. The summed E-state index contributed by atoms with van der Waals surface area (Å²) in [5.74, 6) is -0.259. The molecular weight excluding hydrogens is 389 g/mol. The summed E-state index contributed by atoms with van der Waals surface area (Å²) in [5, 5.41) is 2.60. The second-order valence-electron chi connectivity index (χ2n) is 4.57. The highest BCUT2D eigenvalue weighted by molar-refractivity contribution is 9.10. The number of rotatable bonds is 6. The van der Waals surface area contributed by atoms with Crippen LogP contribution < -0.4 is 10.1 Å². The fourth-order valence-electron chi connectivity index (χ4n) is 1.77. The van der Waals surface area contributed by atoms with Gasteiger partial charge in [-0.2, -0.15) is 0 Å². The molecule has 1 amide bonds. The van der Waals surface area contributed by atoms with Crippen molar-refractivity contribution in [2.45, 2.75) is 0 Å². The standard InChI is InChI=1S/C16H14BrClFNO3/c1-22-6-7-23-15-5-2-10(8-12(15)17)16(21)20-11-3-4-14(19)13(18)9-11/h2-5,8-9H,6-7H2,1H3,(H,20,21). The van der Waals surface area contributed by atoms with E-state index in [0.29, 0.717) is 34.7 Å². The molecule has 0 fully saturated rings. The molecule has 0 bridgehead atoms. The van der Waals surface area contributed by atoms with Crippen LogP contribution in [0.4, 0.5) is 10.1 Å². The van der Waals surface area contributed by atoms with E-state index in [4.69, 9.17) is 21.1 Å². The number of ether oxygens (including phenoxy) is 2. The molecule has 0 spiro atoms. The van der Waals surface area contributed by atoms with Crippen molar-refractivity contribution >= 4 is 39.1 Å². The van der Waals surface area contributed by atoms with Crippen molar-refractivity contribution in [3.8, 4) is 5.75 Å². The van der Waals surface area contributed by atoms with Crippen molar-refractivity contribution in [3.05, 3.63) is 57.3 Å². The van der Waals surface area contributed by atoms with Crippen LogP contribution in [0.3, 0.4) is 0 Å². The topological polar surface area (TPSA) is 47.6 Å². The minimum atomic E-state index is -0.537. The van der Waals surface area contributed by atoms with Gasteiger partial charge in [-0.15, -0.1) is 0 Å². The van der Waals surface area contributed by atoms with E-state index < -0.39 is 5.82 Å². The Morgan fingerprint density at radius 3 is 2.70 bits per heavy atom. The van der Waals surface area contributed by atoms with Crippen LogP contribution in [0.15, 0.2) is 40.9 Å². The Bertz CT molecular complexity index is 712. The van der Waals surface area contributed by atoms with Crippen LogP contribution in [-0.2, 0) is 4.74 Å². The molecule has 0 heterocycles. The van der Waals surface area contributed by atoms with Crippen molar-refractivity contribution < 1.29 is 18.7 Å². The molecular formula is C16H14BrClFNO3. The van der Waals surface area contributed by atoms with Crippen LogP contribution in [0.2, 0.25) is 5.02 Å². The van der Waals surface area contributed by atoms with Gasteiger partial charge >= 0.3 is 0 Å². The van der Waals surface area contributed by atoms with Gasteiger partial charge in [-0.25, -0.2) is 4.39 Å². The molecule has 122 valence electrons. The van der Waals surface area contributed by atoms with Crippen LogP contribution in [0, 0.1) is 5.82 Å². The highest BCUT2D eigenvalue weighted by Crippen LogP contribution is 2.27. The van der Waals surface area contributed by atoms with Gasteiger partial charge in [0.25, 0.3) is 5.91 Å². The Morgan fingerprint density at radius 1 is 1.26 bits per heavy atom. The number of hydrogen-bond acceptors (Lipinski definition) is 3. The lowest BCUT2D eigenvalue weighted by Gasteiger charge is -2.10. The third-order valence-electron chi connectivity index (χ3n) is 2.92. The molecule has 0 atom stereocenters. The molecule has 0 aliphatic carbocycles. The van der Waals surface area contributed by atoms with Gasteiger partial charge < -0.3 is 14.8 Å². The third-order valence-corrected chi connectivity index (χ3v) is 3.83. The molecule has 0 unspecified atom stereocenters. The zero-order valence-corrected chi connectivity index (χ0v) is 14.6. The highest BCUT2D eigenvalue weighted by atomic mass is 79.9. The number of anilines is 1. The van der Waals surface area contributed by atoms with Crippen LogP contribution in [0.5, 0.6) is 5.75 Å². The first-order chi connectivity index (χ1) is 11.0. The number of hydrogen-bond donors (Lipinski definition) is 1. The van der Waals surface area contributed by atoms with Crippen molar-refractivity contribution in [2.24, 2.45) is 0 Å². The number of carbonyl (C=O) groups is 1. The minimum Gasteiger partial charge on any atom is -0.490 e. The summed E-state index contributed by atoms with van der Waals surface area (Å²) < 4.78 is 24.2. The summed E-state index contributed by atoms with van der Waals surface area (Å²) in [7, 11) is 1.59. The van der Waals surface area contributed by atoms with Crippen molar-refractivity contribution in [1.82, 2.24) is 0 Å². The maximum absolute atomic E-state index is 13.1. The molecule has 0 aliphatic heterocycles. The van der Waals surface area contributed by atoms with Gasteiger partial charge in [0.2, 0.25) is 0 Å². The fourth-order valence-corrected chi connectivity index (χ4v) is 2.45. The van der Waals surface area contributed by atoms with Gasteiger partial charge in [0.15, 0.2) is 0 Å². The van der Waals surface area contributed by atoms with Gasteiger partial charge in [-0.05, 0) is 52.3 Å². The Morgan fingerprint density at radius 2 is 2.04 bits per heavy atom. The summed E-state index contributed by atoms with van der Waals surface area (Å²) in [6.45, 7) is 0.884. The second-order valence-corrected chi connectivity index (χ2v) is 5.83. The molecule has 2 rings (SSSR count). The molecule has 0 saturated heterocycles. The van der Waals surface area contributed by atoms with Crippen LogP contribution >= 0.6 is 27.5 Å². The van der Waals surface area contributed by atoms with Gasteiger partial charge in [-0.3, -0.25) is 4.79 Å². The first-order valence-electron chi connectivity index (χ1n) is 6.69. The number of benzene rings is 2. The molecule has 0 aliphatic rings. The molecule has 23 heavy (non-hydrogen) atoms. The normalized spacial score (nSPS) is 10.4. The van der Waals surface area contributed by atoms with Crippen LogP contribution in [-0.4, -0.2) is 26.2 Å².